The van der Waals surface area contributed by atoms with E-state index in [4.69, 9.17) is 5.73 Å². The van der Waals surface area contributed by atoms with Gasteiger partial charge in [0.15, 0.2) is 0 Å². The maximum absolute atomic E-state index is 15.2. The second-order valence-electron chi connectivity index (χ2n) is 10.9. The normalized spacial score (nSPS) is 20.9. The van der Waals surface area contributed by atoms with Gasteiger partial charge in [-0.25, -0.2) is 14.2 Å². The third kappa shape index (κ3) is 4.82. The Morgan fingerprint density at radius 1 is 0.950 bits per heavy atom. The number of nitrogens with two attached hydrogens (primary N) is 1. The SMILES string of the molecule is CC.Cn1c(=O)n(C2CCC(=O)NC2=O)c2c(F)ccc(N3CCC4(CCN(c5ccc(N)nc5)CC4)CC3)c21. The van der Waals surface area contributed by atoms with Crippen LogP contribution in [0.1, 0.15) is 58.4 Å². The third-order valence-corrected chi connectivity index (χ3v) is 8.80. The van der Waals surface area contributed by atoms with Crippen LogP contribution in [0.15, 0.2) is 35.3 Å². The molecule has 3 aliphatic heterocycles. The van der Waals surface area contributed by atoms with Crippen LogP contribution in [0.25, 0.3) is 11.0 Å². The Bertz CT molecular complexity index is 1460. The molecular weight excluding hydrogens is 513 g/mol. The molecule has 3 aliphatic rings. The topological polar surface area (TPSA) is 118 Å². The van der Waals surface area contributed by atoms with E-state index in [0.717, 1.165) is 63.2 Å². The zero-order valence-electron chi connectivity index (χ0n) is 23.5. The Morgan fingerprint density at radius 2 is 1.60 bits per heavy atom. The first-order chi connectivity index (χ1) is 19.3. The van der Waals surface area contributed by atoms with Crippen LogP contribution in [0.4, 0.5) is 21.6 Å². The van der Waals surface area contributed by atoms with Gasteiger partial charge in [0.25, 0.3) is 0 Å². The molecule has 6 rings (SSSR count). The first-order valence-electron chi connectivity index (χ1n) is 14.2. The summed E-state index contributed by atoms with van der Waals surface area (Å²) in [5.74, 6) is -0.973. The molecule has 3 saturated heterocycles. The van der Waals surface area contributed by atoms with Gasteiger partial charge in [-0.1, -0.05) is 13.8 Å². The van der Waals surface area contributed by atoms with E-state index in [1.807, 2.05) is 32.2 Å². The van der Waals surface area contributed by atoms with Crippen molar-refractivity contribution in [2.75, 3.05) is 41.7 Å². The molecule has 0 bridgehead atoms. The molecule has 10 nitrogen and oxygen atoms in total. The number of hydrogen-bond donors (Lipinski definition) is 2. The maximum atomic E-state index is 15.2. The number of hydrogen-bond acceptors (Lipinski definition) is 7. The number of imidazole rings is 1. The predicted molar refractivity (Wildman–Crippen MR) is 154 cm³/mol. The van der Waals surface area contributed by atoms with Crippen molar-refractivity contribution >= 4 is 40.0 Å². The van der Waals surface area contributed by atoms with Gasteiger partial charge in [-0.2, -0.15) is 0 Å². The van der Waals surface area contributed by atoms with Crippen LogP contribution in [-0.4, -0.2) is 52.1 Å². The number of piperidine rings is 3. The molecule has 0 radical (unpaired) electrons. The molecule has 0 saturated carbocycles. The largest absolute Gasteiger partial charge is 0.384 e. The van der Waals surface area contributed by atoms with Crippen LogP contribution in [0.5, 0.6) is 0 Å². The minimum atomic E-state index is -0.917. The van der Waals surface area contributed by atoms with Crippen molar-refractivity contribution in [2.45, 2.75) is 58.4 Å². The summed E-state index contributed by atoms with van der Waals surface area (Å²) in [6.07, 6.45) is 6.33. The molecule has 3 aromatic rings. The van der Waals surface area contributed by atoms with Crippen LogP contribution in [0.2, 0.25) is 0 Å². The number of halogens is 1. The smallest absolute Gasteiger partial charge is 0.329 e. The molecule has 2 aromatic heterocycles. The van der Waals surface area contributed by atoms with Crippen LogP contribution < -0.4 is 26.5 Å². The van der Waals surface area contributed by atoms with E-state index >= 15 is 4.39 Å². The minimum absolute atomic E-state index is 0.112. The first kappa shape index (κ1) is 27.7. The number of aromatic nitrogens is 3. The summed E-state index contributed by atoms with van der Waals surface area (Å²) in [6.45, 7) is 7.55. The summed E-state index contributed by atoms with van der Waals surface area (Å²) in [4.78, 5) is 46.3. The van der Waals surface area contributed by atoms with E-state index in [-0.39, 0.29) is 29.7 Å². The standard InChI is InChI=1S/C27H32FN7O3.C2H6/c1-32-24-19(4-3-18(28)23(24)35(26(32)38)20-5-7-22(36)31-25(20)37)34-14-10-27(11-15-34)8-12-33(13-9-27)17-2-6-21(29)30-16-17;1-2/h2-4,6,16,20H,5,7-15H2,1H3,(H2,29,30)(H,31,36,37);1-2H3. The number of rotatable bonds is 3. The molecule has 1 aromatic carbocycles. The van der Waals surface area contributed by atoms with Gasteiger partial charge >= 0.3 is 5.69 Å². The summed E-state index contributed by atoms with van der Waals surface area (Å²) >= 11 is 0. The highest BCUT2D eigenvalue weighted by Crippen LogP contribution is 2.44. The monoisotopic (exact) mass is 551 g/mol. The summed E-state index contributed by atoms with van der Waals surface area (Å²) in [5, 5.41) is 2.28. The molecule has 214 valence electrons. The molecule has 5 heterocycles. The second kappa shape index (κ2) is 10.9. The number of carbonyl (C=O) groups is 2. The quantitative estimate of drug-likeness (QED) is 0.479. The Kier molecular flexibility index (Phi) is 7.57. The van der Waals surface area contributed by atoms with Crippen molar-refractivity contribution in [1.82, 2.24) is 19.4 Å². The van der Waals surface area contributed by atoms with Crippen LogP contribution in [0, 0.1) is 11.2 Å². The van der Waals surface area contributed by atoms with Gasteiger partial charge in [0.1, 0.15) is 23.2 Å². The summed E-state index contributed by atoms with van der Waals surface area (Å²) in [7, 11) is 1.61. The minimum Gasteiger partial charge on any atom is -0.384 e. The lowest BCUT2D eigenvalue weighted by Gasteiger charge is -2.48. The fraction of sp³-hybridized carbons (Fsp3) is 0.517. The summed E-state index contributed by atoms with van der Waals surface area (Å²) in [6, 6.07) is 6.06. The molecule has 1 atom stereocenters. The molecule has 3 fully saturated rings. The van der Waals surface area contributed by atoms with Crippen molar-refractivity contribution in [3.63, 3.8) is 0 Å². The van der Waals surface area contributed by atoms with E-state index in [0.29, 0.717) is 11.3 Å². The van der Waals surface area contributed by atoms with Crippen LogP contribution in [0.3, 0.4) is 0 Å². The van der Waals surface area contributed by atoms with Gasteiger partial charge < -0.3 is 15.5 Å². The average molecular weight is 552 g/mol. The average Bonchev–Trinajstić information content (AvgIpc) is 3.23. The van der Waals surface area contributed by atoms with Gasteiger partial charge in [-0.3, -0.25) is 24.0 Å². The number of amides is 2. The number of aryl methyl sites for hydroxylation is 1. The van der Waals surface area contributed by atoms with Crippen molar-refractivity contribution in [1.29, 1.82) is 0 Å². The maximum Gasteiger partial charge on any atom is 0.329 e. The number of fused-ring (bicyclic) bond motifs is 1. The molecule has 1 unspecified atom stereocenters. The third-order valence-electron chi connectivity index (χ3n) is 8.80. The van der Waals surface area contributed by atoms with Crippen molar-refractivity contribution in [3.8, 4) is 0 Å². The van der Waals surface area contributed by atoms with E-state index < -0.39 is 23.5 Å². The lowest BCUT2D eigenvalue weighted by Crippen LogP contribution is -2.47. The highest BCUT2D eigenvalue weighted by molar-refractivity contribution is 6.00. The number of nitrogen functional groups attached to an aromatic ring is 1. The number of anilines is 3. The number of imide groups is 1. The van der Waals surface area contributed by atoms with E-state index in [1.54, 1.807) is 13.1 Å². The van der Waals surface area contributed by atoms with Gasteiger partial charge in [0.05, 0.1) is 23.1 Å². The highest BCUT2D eigenvalue weighted by Gasteiger charge is 2.39. The lowest BCUT2D eigenvalue weighted by molar-refractivity contribution is -0.135. The number of carbonyl (C=O) groups excluding carboxylic acids is 2. The molecule has 11 heteroatoms. The number of benzene rings is 1. The Labute approximate surface area is 232 Å². The molecule has 1 spiro atoms. The Morgan fingerprint density at radius 3 is 2.20 bits per heavy atom. The van der Waals surface area contributed by atoms with Crippen molar-refractivity contribution in [2.24, 2.45) is 12.5 Å². The fourth-order valence-corrected chi connectivity index (χ4v) is 6.48. The number of nitrogens with one attached hydrogen (secondary N) is 1. The van der Waals surface area contributed by atoms with Gasteiger partial charge in [-0.15, -0.1) is 0 Å². The molecule has 40 heavy (non-hydrogen) atoms. The van der Waals surface area contributed by atoms with Gasteiger partial charge in [0.2, 0.25) is 11.8 Å². The highest BCUT2D eigenvalue weighted by atomic mass is 19.1. The fourth-order valence-electron chi connectivity index (χ4n) is 6.48. The van der Waals surface area contributed by atoms with E-state index in [2.05, 4.69) is 20.1 Å². The Hall–Kier alpha value is -3.89. The molecular formula is C29H38FN7O3. The predicted octanol–water partition coefficient (Wildman–Crippen LogP) is 3.35. The van der Waals surface area contributed by atoms with Crippen LogP contribution in [-0.2, 0) is 16.6 Å². The van der Waals surface area contributed by atoms with Gasteiger partial charge in [0, 0.05) is 39.6 Å². The Balaban J connectivity index is 0.00000158. The van der Waals surface area contributed by atoms with E-state index in [9.17, 15) is 14.4 Å². The summed E-state index contributed by atoms with van der Waals surface area (Å²) < 4.78 is 17.9. The molecule has 0 aliphatic carbocycles. The number of pyridine rings is 1. The van der Waals surface area contributed by atoms with Gasteiger partial charge in [-0.05, 0) is 61.8 Å². The zero-order chi connectivity index (χ0) is 28.6. The molecule has 3 N–H and O–H groups in total. The van der Waals surface area contributed by atoms with Crippen LogP contribution >= 0.6 is 0 Å². The second-order valence-corrected chi connectivity index (χ2v) is 10.9. The number of nitrogens with zero attached hydrogens (tertiary/aromatic N) is 5. The van der Waals surface area contributed by atoms with Crippen molar-refractivity contribution in [3.05, 3.63) is 46.8 Å². The van der Waals surface area contributed by atoms with Crippen molar-refractivity contribution < 1.29 is 14.0 Å². The molecule has 2 amide bonds. The zero-order valence-corrected chi connectivity index (χ0v) is 23.5. The van der Waals surface area contributed by atoms with E-state index in [1.165, 1.54) is 15.2 Å². The first-order valence-corrected chi connectivity index (χ1v) is 14.2. The lowest BCUT2D eigenvalue weighted by atomic mass is 9.71. The summed E-state index contributed by atoms with van der Waals surface area (Å²) in [5.41, 5.74) is 8.04.